The van der Waals surface area contributed by atoms with Crippen LogP contribution in [0.25, 0.3) is 22.6 Å². The Hall–Kier alpha value is -3.75. The first-order valence-electron chi connectivity index (χ1n) is 9.96. The molecule has 4 aromatic rings. The van der Waals surface area contributed by atoms with Crippen molar-refractivity contribution in [1.82, 2.24) is 29.1 Å². The predicted molar refractivity (Wildman–Crippen MR) is 116 cm³/mol. The fraction of sp³-hybridized carbons (Fsp3) is 0.286. The Labute approximate surface area is 172 Å². The van der Waals surface area contributed by atoms with Gasteiger partial charge in [-0.15, -0.1) is 0 Å². The summed E-state index contributed by atoms with van der Waals surface area (Å²) in [7, 11) is 0. The number of aryl methyl sites for hydroxylation is 1. The Morgan fingerprint density at radius 3 is 2.53 bits per heavy atom. The number of nitrogens with zero attached hydrogens (tertiary/aromatic N) is 5. The number of nitrogens with one attached hydrogen (secondary N) is 2. The Morgan fingerprint density at radius 1 is 1.03 bits per heavy atom. The predicted octanol–water partition coefficient (Wildman–Crippen LogP) is 2.04. The van der Waals surface area contributed by atoms with E-state index < -0.39 is 0 Å². The molecule has 4 aromatic heterocycles. The number of aromatic amines is 1. The third kappa shape index (κ3) is 3.61. The van der Waals surface area contributed by atoms with Crippen LogP contribution in [0.4, 0.5) is 5.82 Å². The second-order valence-electron chi connectivity index (χ2n) is 6.79. The zero-order chi connectivity index (χ0) is 21.1. The highest BCUT2D eigenvalue weighted by Crippen LogP contribution is 2.19. The van der Waals surface area contributed by atoms with Crippen LogP contribution in [-0.2, 0) is 19.5 Å². The molecular formula is C21H23N7O2. The normalized spacial score (nSPS) is 11.1. The van der Waals surface area contributed by atoms with Gasteiger partial charge in [0.25, 0.3) is 5.56 Å². The maximum atomic E-state index is 12.6. The topological polar surface area (TPSA) is 110 Å². The summed E-state index contributed by atoms with van der Waals surface area (Å²) in [6, 6.07) is 9.59. The molecule has 0 saturated carbocycles. The number of pyridine rings is 2. The van der Waals surface area contributed by atoms with E-state index in [1.807, 2.05) is 37.3 Å². The number of aromatic nitrogens is 6. The monoisotopic (exact) mass is 405 g/mol. The van der Waals surface area contributed by atoms with Crippen LogP contribution in [0, 0.1) is 0 Å². The van der Waals surface area contributed by atoms with E-state index >= 15 is 0 Å². The van der Waals surface area contributed by atoms with Gasteiger partial charge in [0.15, 0.2) is 5.65 Å². The van der Waals surface area contributed by atoms with Crippen molar-refractivity contribution < 1.29 is 0 Å². The number of hydrogen-bond donors (Lipinski definition) is 2. The van der Waals surface area contributed by atoms with Crippen molar-refractivity contribution in [2.75, 3.05) is 11.9 Å². The fourth-order valence-corrected chi connectivity index (χ4v) is 3.37. The van der Waals surface area contributed by atoms with Crippen LogP contribution in [0.3, 0.4) is 0 Å². The molecule has 0 atom stereocenters. The molecule has 0 radical (unpaired) electrons. The maximum absolute atomic E-state index is 12.6. The molecule has 0 saturated heterocycles. The van der Waals surface area contributed by atoms with Crippen LogP contribution in [0.1, 0.15) is 19.5 Å². The van der Waals surface area contributed by atoms with Crippen LogP contribution in [0.5, 0.6) is 0 Å². The van der Waals surface area contributed by atoms with Crippen LogP contribution < -0.4 is 16.6 Å². The van der Waals surface area contributed by atoms with Crippen LogP contribution >= 0.6 is 0 Å². The minimum Gasteiger partial charge on any atom is -0.370 e. The molecule has 0 aliphatic carbocycles. The van der Waals surface area contributed by atoms with E-state index in [4.69, 9.17) is 0 Å². The Bertz CT molecular complexity index is 1270. The average molecular weight is 405 g/mol. The lowest BCUT2D eigenvalue weighted by atomic mass is 10.2. The van der Waals surface area contributed by atoms with E-state index in [1.54, 1.807) is 19.3 Å². The molecule has 0 fully saturated rings. The number of hydrogen-bond acceptors (Lipinski definition) is 6. The number of rotatable bonds is 7. The lowest BCUT2D eigenvalue weighted by molar-refractivity contribution is 0.606. The quantitative estimate of drug-likeness (QED) is 0.487. The number of imidazole rings is 1. The lowest BCUT2D eigenvalue weighted by Crippen LogP contribution is -2.39. The second-order valence-corrected chi connectivity index (χ2v) is 6.79. The molecule has 0 amide bonds. The molecule has 4 heterocycles. The molecule has 30 heavy (non-hydrogen) atoms. The first kappa shape index (κ1) is 19.6. The second kappa shape index (κ2) is 8.32. The van der Waals surface area contributed by atoms with Crippen LogP contribution in [0.2, 0.25) is 0 Å². The molecule has 0 aliphatic heterocycles. The Morgan fingerprint density at radius 2 is 1.87 bits per heavy atom. The highest BCUT2D eigenvalue weighted by atomic mass is 16.2. The van der Waals surface area contributed by atoms with Crippen molar-refractivity contribution in [3.63, 3.8) is 0 Å². The molecule has 0 aliphatic rings. The standard InChI is InChI=1S/C21H23N7O2/c1-3-27-19-17(20(29)28(4-2)21(27)30)25-18(26-19)14-8-9-16(24-13-14)23-12-10-15-7-5-6-11-22-15/h5-9,11,13H,3-4,10,12H2,1-2H3,(H,23,24)(H,25,26). The summed E-state index contributed by atoms with van der Waals surface area (Å²) < 4.78 is 2.71. The molecule has 0 unspecified atom stereocenters. The molecule has 0 spiro atoms. The van der Waals surface area contributed by atoms with Gasteiger partial charge in [-0.05, 0) is 38.1 Å². The summed E-state index contributed by atoms with van der Waals surface area (Å²) in [5.41, 5.74) is 1.74. The van der Waals surface area contributed by atoms with Gasteiger partial charge < -0.3 is 10.3 Å². The third-order valence-corrected chi connectivity index (χ3v) is 4.94. The molecule has 0 aromatic carbocycles. The molecule has 0 bridgehead atoms. The first-order chi connectivity index (χ1) is 14.6. The van der Waals surface area contributed by atoms with E-state index in [2.05, 4.69) is 25.3 Å². The van der Waals surface area contributed by atoms with Gasteiger partial charge in [0.2, 0.25) is 0 Å². The summed E-state index contributed by atoms with van der Waals surface area (Å²) in [4.78, 5) is 41.4. The van der Waals surface area contributed by atoms with E-state index in [-0.39, 0.29) is 11.2 Å². The van der Waals surface area contributed by atoms with Gasteiger partial charge in [0, 0.05) is 49.7 Å². The zero-order valence-corrected chi connectivity index (χ0v) is 16.9. The summed E-state index contributed by atoms with van der Waals surface area (Å²) in [5, 5.41) is 3.27. The Kier molecular flexibility index (Phi) is 5.42. The number of fused-ring (bicyclic) bond motifs is 1. The highest BCUT2D eigenvalue weighted by Gasteiger charge is 2.16. The molecule has 2 N–H and O–H groups in total. The molecular weight excluding hydrogens is 382 g/mol. The lowest BCUT2D eigenvalue weighted by Gasteiger charge is -2.06. The molecule has 9 heteroatoms. The van der Waals surface area contributed by atoms with E-state index in [0.29, 0.717) is 36.6 Å². The molecule has 154 valence electrons. The Balaban J connectivity index is 1.57. The van der Waals surface area contributed by atoms with E-state index in [1.165, 1.54) is 9.13 Å². The van der Waals surface area contributed by atoms with Crippen LogP contribution in [0.15, 0.2) is 52.3 Å². The van der Waals surface area contributed by atoms with Crippen molar-refractivity contribution in [3.8, 4) is 11.4 Å². The van der Waals surface area contributed by atoms with Crippen molar-refractivity contribution in [2.24, 2.45) is 0 Å². The van der Waals surface area contributed by atoms with Crippen LogP contribution in [-0.4, -0.2) is 35.6 Å². The van der Waals surface area contributed by atoms with Crippen molar-refractivity contribution in [3.05, 3.63) is 69.3 Å². The van der Waals surface area contributed by atoms with Gasteiger partial charge in [-0.2, -0.15) is 0 Å². The summed E-state index contributed by atoms with van der Waals surface area (Å²) in [5.74, 6) is 1.25. The molecule has 9 nitrogen and oxygen atoms in total. The molecule has 4 rings (SSSR count). The smallest absolute Gasteiger partial charge is 0.332 e. The van der Waals surface area contributed by atoms with E-state index in [9.17, 15) is 9.59 Å². The largest absolute Gasteiger partial charge is 0.370 e. The van der Waals surface area contributed by atoms with Crippen molar-refractivity contribution >= 4 is 17.0 Å². The first-order valence-corrected chi connectivity index (χ1v) is 9.96. The van der Waals surface area contributed by atoms with Gasteiger partial charge in [-0.1, -0.05) is 6.07 Å². The average Bonchev–Trinajstić information content (AvgIpc) is 3.21. The number of H-pyrrole nitrogens is 1. The summed E-state index contributed by atoms with van der Waals surface area (Å²) in [6.45, 7) is 5.08. The number of anilines is 1. The summed E-state index contributed by atoms with van der Waals surface area (Å²) in [6.07, 6.45) is 4.27. The van der Waals surface area contributed by atoms with Gasteiger partial charge in [-0.25, -0.2) is 14.8 Å². The third-order valence-electron chi connectivity index (χ3n) is 4.94. The minimum absolute atomic E-state index is 0.308. The van der Waals surface area contributed by atoms with E-state index in [0.717, 1.165) is 23.5 Å². The van der Waals surface area contributed by atoms with Crippen molar-refractivity contribution in [2.45, 2.75) is 33.4 Å². The minimum atomic E-state index is -0.360. The van der Waals surface area contributed by atoms with Gasteiger partial charge >= 0.3 is 5.69 Å². The zero-order valence-electron chi connectivity index (χ0n) is 16.9. The fourth-order valence-electron chi connectivity index (χ4n) is 3.37. The van der Waals surface area contributed by atoms with Gasteiger partial charge in [0.05, 0.1) is 0 Å². The van der Waals surface area contributed by atoms with Gasteiger partial charge in [0.1, 0.15) is 17.2 Å². The van der Waals surface area contributed by atoms with Crippen molar-refractivity contribution in [1.29, 1.82) is 0 Å². The maximum Gasteiger partial charge on any atom is 0.332 e. The van der Waals surface area contributed by atoms with Gasteiger partial charge in [-0.3, -0.25) is 18.9 Å². The summed E-state index contributed by atoms with van der Waals surface area (Å²) >= 11 is 0. The SMILES string of the molecule is CCn1c(=O)c2[nH]c(-c3ccc(NCCc4ccccn4)nc3)nc2n(CC)c1=O. The highest BCUT2D eigenvalue weighted by molar-refractivity contribution is 5.75.